The van der Waals surface area contributed by atoms with Crippen molar-refractivity contribution in [3.8, 4) is 0 Å². The van der Waals surface area contributed by atoms with Crippen LogP contribution in [0.4, 0.5) is 0 Å². The second-order valence-electron chi connectivity index (χ2n) is 8.51. The zero-order valence-corrected chi connectivity index (χ0v) is 19.3. The largest absolute Gasteiger partial charge is 0.354 e. The van der Waals surface area contributed by atoms with Crippen molar-refractivity contribution in [2.45, 2.75) is 38.1 Å². The first kappa shape index (κ1) is 22.2. The van der Waals surface area contributed by atoms with Crippen molar-refractivity contribution in [3.63, 3.8) is 0 Å². The summed E-state index contributed by atoms with van der Waals surface area (Å²) in [5, 5.41) is 5.09. The summed E-state index contributed by atoms with van der Waals surface area (Å²) in [5.41, 5.74) is 4.72. The molecule has 0 saturated carbocycles. The van der Waals surface area contributed by atoms with Crippen LogP contribution in [0.15, 0.2) is 85.1 Å². The normalized spacial score (nSPS) is 13.1. The highest BCUT2D eigenvalue weighted by Crippen LogP contribution is 2.35. The van der Waals surface area contributed by atoms with Crippen LogP contribution < -0.4 is 5.32 Å². The van der Waals surface area contributed by atoms with Crippen molar-refractivity contribution in [2.75, 3.05) is 0 Å². The summed E-state index contributed by atoms with van der Waals surface area (Å²) < 4.78 is 2.13. The molecule has 4 rings (SSSR count). The van der Waals surface area contributed by atoms with Crippen LogP contribution in [0.5, 0.6) is 0 Å². The molecule has 0 fully saturated rings. The Morgan fingerprint density at radius 2 is 1.66 bits per heavy atom. The van der Waals surface area contributed by atoms with E-state index in [0.29, 0.717) is 11.4 Å². The fourth-order valence-corrected chi connectivity index (χ4v) is 4.50. The minimum atomic E-state index is -0.0420. The molecule has 0 radical (unpaired) electrons. The van der Waals surface area contributed by atoms with Gasteiger partial charge < -0.3 is 9.88 Å². The van der Waals surface area contributed by atoms with E-state index in [0.717, 1.165) is 29.5 Å². The number of rotatable bonds is 8. The first-order valence-corrected chi connectivity index (χ1v) is 11.5. The van der Waals surface area contributed by atoms with Gasteiger partial charge in [-0.15, -0.1) is 0 Å². The highest BCUT2D eigenvalue weighted by Gasteiger charge is 2.23. The number of aromatic nitrogens is 1. The van der Waals surface area contributed by atoms with Gasteiger partial charge in [-0.2, -0.15) is 0 Å². The van der Waals surface area contributed by atoms with Gasteiger partial charge in [0.1, 0.15) is 0 Å². The SMILES string of the molecule is C[C@@H](CCc1ccccc1)NC(=O)C[C@H](c1ccc(Cl)cc1)c1cn(C)c2ccccc12. The summed E-state index contributed by atoms with van der Waals surface area (Å²) in [5.74, 6) is 0.0261. The Morgan fingerprint density at radius 3 is 2.41 bits per heavy atom. The number of carbonyl (C=O) groups excluding carboxylic acids is 1. The first-order valence-electron chi connectivity index (χ1n) is 11.1. The summed E-state index contributed by atoms with van der Waals surface area (Å²) in [6, 6.07) is 26.7. The number of fused-ring (bicyclic) bond motifs is 1. The van der Waals surface area contributed by atoms with Crippen molar-refractivity contribution < 1.29 is 4.79 Å². The van der Waals surface area contributed by atoms with Crippen molar-refractivity contribution in [3.05, 3.63) is 107 Å². The van der Waals surface area contributed by atoms with Crippen LogP contribution in [-0.2, 0) is 18.3 Å². The monoisotopic (exact) mass is 444 g/mol. The van der Waals surface area contributed by atoms with Gasteiger partial charge in [-0.1, -0.05) is 72.3 Å². The molecule has 3 aromatic carbocycles. The van der Waals surface area contributed by atoms with Gasteiger partial charge in [0, 0.05) is 47.6 Å². The molecule has 0 aliphatic rings. The van der Waals surface area contributed by atoms with Crippen LogP contribution in [0, 0.1) is 0 Å². The van der Waals surface area contributed by atoms with Gasteiger partial charge >= 0.3 is 0 Å². The Hall–Kier alpha value is -3.04. The van der Waals surface area contributed by atoms with Gasteiger partial charge in [-0.25, -0.2) is 0 Å². The predicted molar refractivity (Wildman–Crippen MR) is 133 cm³/mol. The van der Waals surface area contributed by atoms with Crippen LogP contribution >= 0.6 is 11.6 Å². The van der Waals surface area contributed by atoms with Crippen LogP contribution in [0.1, 0.15) is 42.4 Å². The third-order valence-electron chi connectivity index (χ3n) is 6.08. The van der Waals surface area contributed by atoms with Gasteiger partial charge in [0.05, 0.1) is 0 Å². The molecular formula is C28H29ClN2O. The van der Waals surface area contributed by atoms with E-state index in [1.54, 1.807) is 0 Å². The third-order valence-corrected chi connectivity index (χ3v) is 6.33. The van der Waals surface area contributed by atoms with E-state index in [-0.39, 0.29) is 17.9 Å². The molecule has 2 atom stereocenters. The van der Waals surface area contributed by atoms with E-state index >= 15 is 0 Å². The van der Waals surface area contributed by atoms with E-state index in [1.807, 2.05) is 36.4 Å². The number of halogens is 1. The number of para-hydroxylation sites is 1. The maximum Gasteiger partial charge on any atom is 0.221 e. The van der Waals surface area contributed by atoms with Gasteiger partial charge in [0.2, 0.25) is 5.91 Å². The van der Waals surface area contributed by atoms with Crippen molar-refractivity contribution in [1.29, 1.82) is 0 Å². The van der Waals surface area contributed by atoms with Gasteiger partial charge in [-0.05, 0) is 54.7 Å². The standard InChI is InChI=1S/C28H29ClN2O/c1-20(12-13-21-8-4-3-5-9-21)30-28(32)18-25(22-14-16-23(29)17-15-22)26-19-31(2)27-11-7-6-10-24(26)27/h3-11,14-17,19-20,25H,12-13,18H2,1-2H3,(H,30,32)/t20-,25+/m0/s1. The van der Waals surface area contributed by atoms with Crippen LogP contribution in [0.2, 0.25) is 5.02 Å². The number of benzene rings is 3. The fraction of sp³-hybridized carbons (Fsp3) is 0.250. The summed E-state index contributed by atoms with van der Waals surface area (Å²) >= 11 is 6.14. The van der Waals surface area contributed by atoms with Gasteiger partial charge in [-0.3, -0.25) is 4.79 Å². The number of aryl methyl sites for hydroxylation is 2. The molecule has 164 valence electrons. The Kier molecular flexibility index (Phi) is 6.96. The quantitative estimate of drug-likeness (QED) is 0.331. The van der Waals surface area contributed by atoms with E-state index in [4.69, 9.17) is 11.6 Å². The Morgan fingerprint density at radius 1 is 0.969 bits per heavy atom. The lowest BCUT2D eigenvalue weighted by atomic mass is 9.88. The lowest BCUT2D eigenvalue weighted by molar-refractivity contribution is -0.121. The molecule has 1 amide bonds. The van der Waals surface area contributed by atoms with E-state index in [2.05, 4.69) is 72.5 Å². The molecular weight excluding hydrogens is 416 g/mol. The minimum Gasteiger partial charge on any atom is -0.354 e. The van der Waals surface area contributed by atoms with Crippen molar-refractivity contribution in [1.82, 2.24) is 9.88 Å². The van der Waals surface area contributed by atoms with Gasteiger partial charge in [0.15, 0.2) is 0 Å². The summed E-state index contributed by atoms with van der Waals surface area (Å²) in [6.07, 6.45) is 4.41. The average Bonchev–Trinajstić information content (AvgIpc) is 3.14. The highest BCUT2D eigenvalue weighted by molar-refractivity contribution is 6.30. The number of hydrogen-bond donors (Lipinski definition) is 1. The fourth-order valence-electron chi connectivity index (χ4n) is 4.37. The molecule has 0 spiro atoms. The number of amides is 1. The number of hydrogen-bond acceptors (Lipinski definition) is 1. The molecule has 32 heavy (non-hydrogen) atoms. The van der Waals surface area contributed by atoms with Crippen molar-refractivity contribution in [2.24, 2.45) is 7.05 Å². The van der Waals surface area contributed by atoms with Crippen LogP contribution in [0.25, 0.3) is 10.9 Å². The first-order chi connectivity index (χ1) is 15.5. The second kappa shape index (κ2) is 10.1. The topological polar surface area (TPSA) is 34.0 Å². The predicted octanol–water partition coefficient (Wildman–Crippen LogP) is 6.49. The lowest BCUT2D eigenvalue weighted by Crippen LogP contribution is -2.33. The zero-order valence-electron chi connectivity index (χ0n) is 18.6. The molecule has 0 bridgehead atoms. The molecule has 0 unspecified atom stereocenters. The summed E-state index contributed by atoms with van der Waals surface area (Å²) in [4.78, 5) is 13.1. The molecule has 0 aliphatic heterocycles. The number of nitrogens with one attached hydrogen (secondary N) is 1. The number of carbonyl (C=O) groups is 1. The Labute approximate surface area is 195 Å². The molecule has 0 aliphatic carbocycles. The van der Waals surface area contributed by atoms with Crippen LogP contribution in [-0.4, -0.2) is 16.5 Å². The smallest absolute Gasteiger partial charge is 0.221 e. The maximum atomic E-state index is 13.1. The van der Waals surface area contributed by atoms with Crippen molar-refractivity contribution >= 4 is 28.4 Å². The highest BCUT2D eigenvalue weighted by atomic mass is 35.5. The zero-order chi connectivity index (χ0) is 22.5. The molecule has 4 aromatic rings. The molecule has 1 N–H and O–H groups in total. The lowest BCUT2D eigenvalue weighted by Gasteiger charge is -2.20. The van der Waals surface area contributed by atoms with E-state index < -0.39 is 0 Å². The molecule has 1 heterocycles. The minimum absolute atomic E-state index is 0.0420. The Balaban J connectivity index is 1.53. The Bertz CT molecular complexity index is 1180. The third kappa shape index (κ3) is 5.23. The molecule has 0 saturated heterocycles. The molecule has 1 aromatic heterocycles. The molecule has 4 heteroatoms. The second-order valence-corrected chi connectivity index (χ2v) is 8.95. The maximum absolute atomic E-state index is 13.1. The average molecular weight is 445 g/mol. The van der Waals surface area contributed by atoms with Gasteiger partial charge in [0.25, 0.3) is 0 Å². The van der Waals surface area contributed by atoms with E-state index in [9.17, 15) is 4.79 Å². The van der Waals surface area contributed by atoms with Crippen LogP contribution in [0.3, 0.4) is 0 Å². The number of nitrogens with zero attached hydrogens (tertiary/aromatic N) is 1. The molecule has 3 nitrogen and oxygen atoms in total. The summed E-state index contributed by atoms with van der Waals surface area (Å²) in [6.45, 7) is 2.08. The van der Waals surface area contributed by atoms with E-state index in [1.165, 1.54) is 10.9 Å². The summed E-state index contributed by atoms with van der Waals surface area (Å²) in [7, 11) is 2.05.